The zero-order valence-corrected chi connectivity index (χ0v) is 9.79. The van der Waals surface area contributed by atoms with Gasteiger partial charge in [-0.05, 0) is 24.9 Å². The molecule has 3 nitrogen and oxygen atoms in total. The number of nitrogens with zero attached hydrogens (tertiary/aromatic N) is 1. The average molecular weight is 237 g/mol. The Morgan fingerprint density at radius 3 is 2.85 bits per heavy atom. The summed E-state index contributed by atoms with van der Waals surface area (Å²) in [5.74, 6) is 0.465. The van der Waals surface area contributed by atoms with Crippen molar-refractivity contribution >= 4 is 29.8 Å². The summed E-state index contributed by atoms with van der Waals surface area (Å²) in [5, 5.41) is 3.34. The number of aromatic nitrogens is 1. The highest BCUT2D eigenvalue weighted by Crippen LogP contribution is 2.37. The van der Waals surface area contributed by atoms with Crippen LogP contribution in [0, 0.1) is 0 Å². The molecule has 1 aromatic rings. The van der Waals surface area contributed by atoms with Crippen molar-refractivity contribution < 1.29 is 4.52 Å². The molecule has 1 heterocycles. The molecule has 0 fully saturated rings. The molecule has 0 radical (unpaired) electrons. The molecule has 0 aliphatic carbocycles. The van der Waals surface area contributed by atoms with Crippen LogP contribution >= 0.6 is 18.0 Å². The monoisotopic (exact) mass is 236 g/mol. The van der Waals surface area contributed by atoms with Gasteiger partial charge in [-0.3, -0.25) is 5.09 Å². The SMILES string of the molecule is CNP(C)(=S)Oc1cccc(Cl)n1. The Hall–Kier alpha value is -0.150. The van der Waals surface area contributed by atoms with E-state index in [-0.39, 0.29) is 0 Å². The standard InChI is InChI=1S/C7H10ClN2OPS/c1-9-12(2,13)11-7-5-3-4-6(8)10-7/h3-5H,1-2H3,(H,9,13). The molecule has 0 bridgehead atoms. The van der Waals surface area contributed by atoms with Crippen LogP contribution in [-0.2, 0) is 11.8 Å². The minimum atomic E-state index is -1.95. The highest BCUT2D eigenvalue weighted by molar-refractivity contribution is 8.11. The van der Waals surface area contributed by atoms with Crippen LogP contribution in [-0.4, -0.2) is 18.7 Å². The lowest BCUT2D eigenvalue weighted by Gasteiger charge is -2.16. The molecule has 1 aromatic heterocycles. The molecule has 0 saturated carbocycles. The fraction of sp³-hybridized carbons (Fsp3) is 0.286. The van der Waals surface area contributed by atoms with Crippen molar-refractivity contribution in [1.29, 1.82) is 0 Å². The van der Waals surface area contributed by atoms with Crippen molar-refractivity contribution in [1.82, 2.24) is 10.1 Å². The van der Waals surface area contributed by atoms with E-state index >= 15 is 0 Å². The molecule has 0 saturated heterocycles. The Labute approximate surface area is 87.6 Å². The third-order valence-electron chi connectivity index (χ3n) is 1.36. The van der Waals surface area contributed by atoms with E-state index in [1.54, 1.807) is 25.2 Å². The van der Waals surface area contributed by atoms with E-state index in [1.165, 1.54) is 0 Å². The van der Waals surface area contributed by atoms with Crippen LogP contribution in [0.25, 0.3) is 0 Å². The second kappa shape index (κ2) is 4.38. The van der Waals surface area contributed by atoms with Gasteiger partial charge >= 0.3 is 0 Å². The van der Waals surface area contributed by atoms with Crippen molar-refractivity contribution in [2.45, 2.75) is 0 Å². The van der Waals surface area contributed by atoms with Crippen LogP contribution in [0.15, 0.2) is 18.2 Å². The van der Waals surface area contributed by atoms with E-state index in [0.29, 0.717) is 11.0 Å². The number of rotatable bonds is 3. The van der Waals surface area contributed by atoms with Crippen molar-refractivity contribution in [3.63, 3.8) is 0 Å². The van der Waals surface area contributed by atoms with Gasteiger partial charge < -0.3 is 4.52 Å². The Morgan fingerprint density at radius 1 is 1.62 bits per heavy atom. The fourth-order valence-electron chi connectivity index (χ4n) is 0.665. The van der Waals surface area contributed by atoms with Crippen LogP contribution in [0.1, 0.15) is 0 Å². The second-order valence-corrected chi connectivity index (χ2v) is 7.26. The van der Waals surface area contributed by atoms with Gasteiger partial charge in [-0.2, -0.15) is 0 Å². The maximum atomic E-state index is 5.68. The Kier molecular flexibility index (Phi) is 3.68. The number of halogens is 1. The summed E-state index contributed by atoms with van der Waals surface area (Å²) in [6, 6.07) is 5.19. The molecular formula is C7H10ClN2OPS. The first kappa shape index (κ1) is 10.9. The van der Waals surface area contributed by atoms with Crippen LogP contribution in [0.3, 0.4) is 0 Å². The minimum Gasteiger partial charge on any atom is -0.436 e. The molecule has 0 spiro atoms. The van der Waals surface area contributed by atoms with Crippen LogP contribution in [0.2, 0.25) is 5.15 Å². The average Bonchev–Trinajstić information content (AvgIpc) is 2.03. The summed E-state index contributed by atoms with van der Waals surface area (Å²) >= 11 is 10.8. The first-order valence-electron chi connectivity index (χ1n) is 3.62. The molecule has 13 heavy (non-hydrogen) atoms. The zero-order valence-electron chi connectivity index (χ0n) is 7.32. The van der Waals surface area contributed by atoms with Gasteiger partial charge in [0.15, 0.2) is 6.42 Å². The molecule has 6 heteroatoms. The van der Waals surface area contributed by atoms with Gasteiger partial charge in [0.1, 0.15) is 5.15 Å². The van der Waals surface area contributed by atoms with Crippen LogP contribution in [0.5, 0.6) is 5.88 Å². The predicted molar refractivity (Wildman–Crippen MR) is 59.1 cm³/mol. The summed E-state index contributed by atoms with van der Waals surface area (Å²) in [5.41, 5.74) is 0. The third kappa shape index (κ3) is 3.61. The summed E-state index contributed by atoms with van der Waals surface area (Å²) in [7, 11) is 1.77. The maximum absolute atomic E-state index is 5.68. The molecule has 0 aromatic carbocycles. The van der Waals surface area contributed by atoms with Gasteiger partial charge in [-0.15, -0.1) is 0 Å². The van der Waals surface area contributed by atoms with Crippen LogP contribution in [0.4, 0.5) is 0 Å². The Bertz CT molecular complexity index is 347. The van der Waals surface area contributed by atoms with Crippen LogP contribution < -0.4 is 9.61 Å². The topological polar surface area (TPSA) is 34.1 Å². The lowest BCUT2D eigenvalue weighted by Crippen LogP contribution is -2.07. The first-order chi connectivity index (χ1) is 6.03. The molecule has 72 valence electrons. The normalized spacial score (nSPS) is 15.0. The summed E-state index contributed by atoms with van der Waals surface area (Å²) < 4.78 is 5.45. The molecule has 0 aliphatic heterocycles. The van der Waals surface area contributed by atoms with E-state index in [4.69, 9.17) is 27.9 Å². The van der Waals surface area contributed by atoms with E-state index < -0.39 is 6.42 Å². The van der Waals surface area contributed by atoms with Crippen molar-refractivity contribution in [3.8, 4) is 5.88 Å². The zero-order chi connectivity index (χ0) is 9.90. The summed E-state index contributed by atoms with van der Waals surface area (Å²) in [6.07, 6.45) is -1.95. The molecule has 1 atom stereocenters. The van der Waals surface area contributed by atoms with Gasteiger partial charge in [0.2, 0.25) is 5.88 Å². The largest absolute Gasteiger partial charge is 0.436 e. The van der Waals surface area contributed by atoms with Gasteiger partial charge in [0.05, 0.1) is 0 Å². The molecule has 1 rings (SSSR count). The van der Waals surface area contributed by atoms with E-state index in [9.17, 15) is 0 Å². The first-order valence-corrected chi connectivity index (χ1v) is 7.17. The van der Waals surface area contributed by atoms with Gasteiger partial charge in [-0.25, -0.2) is 4.98 Å². The minimum absolute atomic E-state index is 0.406. The molecule has 1 unspecified atom stereocenters. The Balaban J connectivity index is 2.81. The summed E-state index contributed by atoms with van der Waals surface area (Å²) in [6.45, 7) is 1.84. The maximum Gasteiger partial charge on any atom is 0.219 e. The number of nitrogens with one attached hydrogen (secondary N) is 1. The van der Waals surface area contributed by atoms with Crippen molar-refractivity contribution in [2.75, 3.05) is 13.7 Å². The number of hydrogen-bond acceptors (Lipinski definition) is 3. The third-order valence-corrected chi connectivity index (χ3v) is 3.69. The second-order valence-electron chi connectivity index (χ2n) is 2.46. The van der Waals surface area contributed by atoms with Crippen molar-refractivity contribution in [3.05, 3.63) is 23.4 Å². The highest BCUT2D eigenvalue weighted by Gasteiger charge is 2.09. The van der Waals surface area contributed by atoms with Crippen molar-refractivity contribution in [2.24, 2.45) is 0 Å². The molecule has 0 aliphatic rings. The molecule has 0 amide bonds. The smallest absolute Gasteiger partial charge is 0.219 e. The number of pyridine rings is 1. The highest BCUT2D eigenvalue weighted by atomic mass is 35.5. The Morgan fingerprint density at radius 2 is 2.31 bits per heavy atom. The number of hydrogen-bond donors (Lipinski definition) is 1. The van der Waals surface area contributed by atoms with Gasteiger partial charge in [0.25, 0.3) is 0 Å². The molecule has 1 N–H and O–H groups in total. The predicted octanol–water partition coefficient (Wildman–Crippen LogP) is 2.27. The molecular weight excluding hydrogens is 227 g/mol. The summed E-state index contributed by atoms with van der Waals surface area (Å²) in [4.78, 5) is 3.97. The lowest BCUT2D eigenvalue weighted by atomic mass is 10.5. The lowest BCUT2D eigenvalue weighted by molar-refractivity contribution is 0.581. The van der Waals surface area contributed by atoms with Gasteiger partial charge in [-0.1, -0.05) is 17.7 Å². The fourth-order valence-corrected chi connectivity index (χ4v) is 1.60. The van der Waals surface area contributed by atoms with E-state index in [2.05, 4.69) is 10.1 Å². The quantitative estimate of drug-likeness (QED) is 0.645. The van der Waals surface area contributed by atoms with E-state index in [1.807, 2.05) is 6.66 Å². The van der Waals surface area contributed by atoms with E-state index in [0.717, 1.165) is 0 Å². The van der Waals surface area contributed by atoms with Gasteiger partial charge in [0, 0.05) is 12.7 Å².